The molecule has 25 heavy (non-hydrogen) atoms. The van der Waals surface area contributed by atoms with Crippen molar-refractivity contribution in [3.05, 3.63) is 36.3 Å². The Kier molecular flexibility index (Phi) is 5.21. The molecule has 4 nitrogen and oxygen atoms in total. The Morgan fingerprint density at radius 1 is 0.960 bits per heavy atom. The maximum atomic E-state index is 10.5. The molecule has 3 rings (SSSR count). The van der Waals surface area contributed by atoms with E-state index in [2.05, 4.69) is 0 Å². The van der Waals surface area contributed by atoms with E-state index in [0.717, 1.165) is 18.4 Å². The van der Waals surface area contributed by atoms with E-state index >= 15 is 0 Å². The number of benzene rings is 1. The maximum Gasteiger partial charge on any atom is 0.172 e. The Balaban J connectivity index is 1.70. The fraction of sp³-hybridized carbons (Fsp3) is 0.474. The highest BCUT2D eigenvalue weighted by Crippen LogP contribution is 2.47. The van der Waals surface area contributed by atoms with Crippen molar-refractivity contribution in [2.24, 2.45) is 0 Å². The molecule has 2 N–H and O–H groups in total. The van der Waals surface area contributed by atoms with Gasteiger partial charge in [-0.15, -0.1) is 23.5 Å². The molecule has 2 unspecified atom stereocenters. The smallest absolute Gasteiger partial charge is 0.172 e. The molecule has 0 spiro atoms. The lowest BCUT2D eigenvalue weighted by Gasteiger charge is -2.25. The molecule has 0 fully saturated rings. The Morgan fingerprint density at radius 2 is 1.52 bits per heavy atom. The Bertz CT molecular complexity index is 696. The number of phenols is 2. The molecule has 2 aliphatic heterocycles. The first kappa shape index (κ1) is 18.4. The highest BCUT2D eigenvalue weighted by atomic mass is 32.2. The third-order valence-electron chi connectivity index (χ3n) is 4.43. The summed E-state index contributed by atoms with van der Waals surface area (Å²) in [7, 11) is 0. The molecule has 1 aromatic rings. The molecule has 136 valence electrons. The maximum absolute atomic E-state index is 10.5. The van der Waals surface area contributed by atoms with Gasteiger partial charge >= 0.3 is 0 Å². The van der Waals surface area contributed by atoms with E-state index in [-0.39, 0.29) is 22.7 Å². The minimum atomic E-state index is -0.256. The topological polar surface area (TPSA) is 58.9 Å². The van der Waals surface area contributed by atoms with E-state index in [0.29, 0.717) is 21.3 Å². The van der Waals surface area contributed by atoms with E-state index in [9.17, 15) is 10.2 Å². The molecule has 1 aromatic carbocycles. The number of aryl methyl sites for hydroxylation is 1. The summed E-state index contributed by atoms with van der Waals surface area (Å²) >= 11 is 3.02. The summed E-state index contributed by atoms with van der Waals surface area (Å²) in [5.74, 6) is 1.31. The second kappa shape index (κ2) is 7.08. The average molecular weight is 381 g/mol. The van der Waals surface area contributed by atoms with Gasteiger partial charge in [0.2, 0.25) is 0 Å². The van der Waals surface area contributed by atoms with Gasteiger partial charge in [0.25, 0.3) is 0 Å². The molecule has 0 radical (unpaired) electrons. The first-order valence-corrected chi connectivity index (χ1v) is 10.3. The van der Waals surface area contributed by atoms with Crippen LogP contribution in [0, 0.1) is 6.92 Å². The van der Waals surface area contributed by atoms with Gasteiger partial charge in [-0.2, -0.15) is 0 Å². The molecular weight excluding hydrogens is 356 g/mol. The van der Waals surface area contributed by atoms with Crippen LogP contribution in [0.1, 0.15) is 32.3 Å². The minimum absolute atomic E-state index is 0.0438. The van der Waals surface area contributed by atoms with Crippen molar-refractivity contribution in [2.45, 2.75) is 54.6 Å². The number of aromatic hydroxyl groups is 2. The Labute approximate surface area is 157 Å². The van der Waals surface area contributed by atoms with Crippen molar-refractivity contribution in [2.75, 3.05) is 11.5 Å². The van der Waals surface area contributed by atoms with Crippen LogP contribution in [0.3, 0.4) is 0 Å². The fourth-order valence-electron chi connectivity index (χ4n) is 2.79. The number of rotatable bonds is 6. The molecule has 2 heterocycles. The van der Waals surface area contributed by atoms with Crippen LogP contribution in [0.2, 0.25) is 0 Å². The zero-order valence-electron chi connectivity index (χ0n) is 14.7. The molecule has 0 saturated heterocycles. The zero-order valence-corrected chi connectivity index (χ0v) is 16.4. The van der Waals surface area contributed by atoms with Gasteiger partial charge < -0.3 is 19.7 Å². The summed E-state index contributed by atoms with van der Waals surface area (Å²) in [4.78, 5) is 1.39. The lowest BCUT2D eigenvalue weighted by atomic mass is 10.1. The van der Waals surface area contributed by atoms with Gasteiger partial charge in [0.15, 0.2) is 11.5 Å². The molecule has 0 aliphatic carbocycles. The van der Waals surface area contributed by atoms with Crippen molar-refractivity contribution < 1.29 is 19.7 Å². The number of ether oxygens (including phenoxy) is 2. The standard InChI is InChI=1S/C19H24O4S2/c1-13-10-14(24-11-18(2)6-4-8-22-18)15(20)16(21)17(13)25-12-19(3)7-5-9-23-19/h4-5,8-10,20-21H,6-7,11-12H2,1-3H3. The quantitative estimate of drug-likeness (QED) is 0.536. The van der Waals surface area contributed by atoms with Gasteiger partial charge in [-0.25, -0.2) is 0 Å². The van der Waals surface area contributed by atoms with Crippen LogP contribution in [0.25, 0.3) is 0 Å². The predicted octanol–water partition coefficient (Wildman–Crippen LogP) is 4.98. The number of phenolic OH excluding ortho intramolecular Hbond substituents is 2. The number of thioether (sulfide) groups is 2. The normalized spacial score (nSPS) is 27.5. The molecule has 0 bridgehead atoms. The van der Waals surface area contributed by atoms with Crippen LogP contribution in [-0.4, -0.2) is 32.9 Å². The lowest BCUT2D eigenvalue weighted by Crippen LogP contribution is -2.26. The summed E-state index contributed by atoms with van der Waals surface area (Å²) in [6.45, 7) is 6.05. The summed E-state index contributed by atoms with van der Waals surface area (Å²) in [6, 6.07) is 1.93. The van der Waals surface area contributed by atoms with Crippen LogP contribution >= 0.6 is 23.5 Å². The summed E-state index contributed by atoms with van der Waals surface area (Å²) < 4.78 is 11.3. The SMILES string of the molecule is Cc1cc(SCC2(C)CC=CO2)c(O)c(O)c1SCC1(C)CC=CO1. The average Bonchev–Trinajstić information content (AvgIpc) is 3.19. The van der Waals surface area contributed by atoms with Gasteiger partial charge in [-0.05, 0) is 44.6 Å². The molecule has 6 heteroatoms. The van der Waals surface area contributed by atoms with E-state index in [1.165, 1.54) is 23.5 Å². The first-order valence-electron chi connectivity index (χ1n) is 8.29. The first-order chi connectivity index (χ1) is 11.8. The minimum Gasteiger partial charge on any atom is -0.503 e. The Morgan fingerprint density at radius 3 is 2.04 bits per heavy atom. The van der Waals surface area contributed by atoms with Crippen LogP contribution in [-0.2, 0) is 9.47 Å². The second-order valence-electron chi connectivity index (χ2n) is 7.08. The summed E-state index contributed by atoms with van der Waals surface area (Å²) in [6.07, 6.45) is 9.17. The largest absolute Gasteiger partial charge is 0.503 e. The molecule has 0 saturated carbocycles. The van der Waals surface area contributed by atoms with E-state index in [1.807, 2.05) is 39.0 Å². The Hall–Kier alpha value is -1.40. The van der Waals surface area contributed by atoms with Gasteiger partial charge in [0.05, 0.1) is 22.3 Å². The van der Waals surface area contributed by atoms with Crippen molar-refractivity contribution >= 4 is 23.5 Å². The number of hydrogen-bond donors (Lipinski definition) is 2. The second-order valence-corrected chi connectivity index (χ2v) is 9.09. The highest BCUT2D eigenvalue weighted by Gasteiger charge is 2.30. The predicted molar refractivity (Wildman–Crippen MR) is 102 cm³/mol. The number of hydrogen-bond acceptors (Lipinski definition) is 6. The highest BCUT2D eigenvalue weighted by molar-refractivity contribution is 8.00. The zero-order chi connectivity index (χ0) is 18.1. The molecule has 0 aromatic heterocycles. The molecule has 2 aliphatic rings. The fourth-order valence-corrected chi connectivity index (χ4v) is 5.09. The van der Waals surface area contributed by atoms with Crippen molar-refractivity contribution in [3.8, 4) is 11.5 Å². The van der Waals surface area contributed by atoms with Crippen molar-refractivity contribution in [3.63, 3.8) is 0 Å². The van der Waals surface area contributed by atoms with Gasteiger partial charge in [0, 0.05) is 24.3 Å². The summed E-state index contributed by atoms with van der Waals surface area (Å²) in [5.41, 5.74) is 0.441. The molecule has 2 atom stereocenters. The monoisotopic (exact) mass is 380 g/mol. The summed E-state index contributed by atoms with van der Waals surface area (Å²) in [5, 5.41) is 20.9. The van der Waals surface area contributed by atoms with Crippen LogP contribution in [0.5, 0.6) is 11.5 Å². The lowest BCUT2D eigenvalue weighted by molar-refractivity contribution is 0.0873. The third kappa shape index (κ3) is 4.06. The van der Waals surface area contributed by atoms with Gasteiger partial charge in [0.1, 0.15) is 11.2 Å². The van der Waals surface area contributed by atoms with Crippen LogP contribution in [0.15, 0.2) is 40.5 Å². The van der Waals surface area contributed by atoms with Crippen LogP contribution < -0.4 is 0 Å². The van der Waals surface area contributed by atoms with E-state index < -0.39 is 0 Å². The van der Waals surface area contributed by atoms with E-state index in [4.69, 9.17) is 9.47 Å². The van der Waals surface area contributed by atoms with E-state index in [1.54, 1.807) is 12.5 Å². The third-order valence-corrected chi connectivity index (χ3v) is 7.37. The van der Waals surface area contributed by atoms with Crippen molar-refractivity contribution in [1.82, 2.24) is 0 Å². The van der Waals surface area contributed by atoms with Gasteiger partial charge in [-0.3, -0.25) is 0 Å². The van der Waals surface area contributed by atoms with Crippen LogP contribution in [0.4, 0.5) is 0 Å². The van der Waals surface area contributed by atoms with Gasteiger partial charge in [-0.1, -0.05) is 0 Å². The molecule has 0 amide bonds. The molecular formula is C19H24O4S2. The van der Waals surface area contributed by atoms with Crippen molar-refractivity contribution in [1.29, 1.82) is 0 Å².